The Labute approximate surface area is 156 Å². The van der Waals surface area contributed by atoms with Gasteiger partial charge in [0, 0.05) is 25.3 Å². The van der Waals surface area contributed by atoms with Crippen LogP contribution in [0.2, 0.25) is 0 Å². The molecule has 0 aliphatic carbocycles. The number of hydrogen-bond donors (Lipinski definition) is 5. The highest BCUT2D eigenvalue weighted by atomic mass is 32.2. The molecule has 2 rings (SSSR count). The highest BCUT2D eigenvalue weighted by Crippen LogP contribution is 2.17. The summed E-state index contributed by atoms with van der Waals surface area (Å²) in [6.07, 6.45) is 0. The van der Waals surface area contributed by atoms with Gasteiger partial charge in [0.05, 0.1) is 12.4 Å². The van der Waals surface area contributed by atoms with E-state index in [-0.39, 0.29) is 49.6 Å². The quantitative estimate of drug-likeness (QED) is 0.328. The first-order valence-electron chi connectivity index (χ1n) is 8.20. The predicted molar refractivity (Wildman–Crippen MR) is 101 cm³/mol. The van der Waals surface area contributed by atoms with E-state index >= 15 is 0 Å². The van der Waals surface area contributed by atoms with Gasteiger partial charge in [0.2, 0.25) is 21.9 Å². The fraction of sp³-hybridized carbons (Fsp3) is 0.400. The highest BCUT2D eigenvalue weighted by Gasteiger charge is 2.14. The Kier molecular flexibility index (Phi) is 7.10. The fourth-order valence-corrected chi connectivity index (χ4v) is 2.73. The number of aromatic amines is 1. The molecular weight excluding hydrogens is 376 g/mol. The van der Waals surface area contributed by atoms with E-state index in [2.05, 4.69) is 25.0 Å². The minimum absolute atomic E-state index is 0.0461. The first kappa shape index (κ1) is 20.6. The summed E-state index contributed by atoms with van der Waals surface area (Å²) in [5.74, 6) is 0.216. The first-order valence-corrected chi connectivity index (χ1v) is 9.85. The van der Waals surface area contributed by atoms with Crippen molar-refractivity contribution < 1.29 is 18.6 Å². The molecule has 0 bridgehead atoms. The second kappa shape index (κ2) is 9.30. The predicted octanol–water partition coefficient (Wildman–Crippen LogP) is -0.648. The highest BCUT2D eigenvalue weighted by molar-refractivity contribution is 7.89. The van der Waals surface area contributed by atoms with Crippen molar-refractivity contribution in [1.82, 2.24) is 19.7 Å². The molecular formula is C15H22N6O5S. The Morgan fingerprint density at radius 2 is 1.89 bits per heavy atom. The van der Waals surface area contributed by atoms with E-state index < -0.39 is 15.7 Å². The van der Waals surface area contributed by atoms with Crippen LogP contribution >= 0.6 is 0 Å². The second-order valence-corrected chi connectivity index (χ2v) is 7.58. The van der Waals surface area contributed by atoms with Crippen LogP contribution < -0.4 is 20.6 Å². The molecule has 12 heteroatoms. The Balaban J connectivity index is 2.16. The molecule has 0 aliphatic rings. The minimum Gasteiger partial charge on any atom is -0.508 e. The SMILES string of the molecule is CCS(=O)(=O)NCCN(CCO)c1nc(Nc2ccc(O)cc2)[nH]c(=O)n1. The van der Waals surface area contributed by atoms with Crippen molar-refractivity contribution in [3.63, 3.8) is 0 Å². The molecule has 2 aromatic rings. The smallest absolute Gasteiger partial charge is 0.351 e. The molecule has 5 N–H and O–H groups in total. The van der Waals surface area contributed by atoms with Gasteiger partial charge in [-0.15, -0.1) is 0 Å². The minimum atomic E-state index is -3.35. The molecule has 0 saturated heterocycles. The number of aromatic hydroxyl groups is 1. The number of rotatable bonds is 10. The fourth-order valence-electron chi connectivity index (χ4n) is 2.13. The van der Waals surface area contributed by atoms with Gasteiger partial charge in [0.1, 0.15) is 5.75 Å². The van der Waals surface area contributed by atoms with Crippen LogP contribution in [-0.2, 0) is 10.0 Å². The lowest BCUT2D eigenvalue weighted by atomic mass is 10.3. The maximum atomic E-state index is 11.9. The lowest BCUT2D eigenvalue weighted by Crippen LogP contribution is -2.38. The third kappa shape index (κ3) is 6.51. The third-order valence-electron chi connectivity index (χ3n) is 3.51. The summed E-state index contributed by atoms with van der Waals surface area (Å²) >= 11 is 0. The average Bonchev–Trinajstić information content (AvgIpc) is 2.62. The second-order valence-electron chi connectivity index (χ2n) is 5.48. The lowest BCUT2D eigenvalue weighted by molar-refractivity contribution is 0.301. The first-order chi connectivity index (χ1) is 12.8. The van der Waals surface area contributed by atoms with E-state index in [9.17, 15) is 23.4 Å². The van der Waals surface area contributed by atoms with Gasteiger partial charge in [-0.3, -0.25) is 4.98 Å². The van der Waals surface area contributed by atoms with Crippen molar-refractivity contribution in [2.24, 2.45) is 0 Å². The Bertz CT molecular complexity index is 900. The number of nitrogens with one attached hydrogen (secondary N) is 3. The standard InChI is InChI=1S/C15H22N6O5S/c1-2-27(25,26)16-7-8-21(9-10-22)14-18-13(19-15(24)20-14)17-11-3-5-12(23)6-4-11/h3-6,16,22-23H,2,7-10H2,1H3,(H2,17,18,19,20,24). The molecule has 0 saturated carbocycles. The molecule has 1 aromatic heterocycles. The van der Waals surface area contributed by atoms with E-state index in [0.29, 0.717) is 5.69 Å². The molecule has 0 atom stereocenters. The zero-order chi connectivity index (χ0) is 19.9. The molecule has 0 amide bonds. The number of H-pyrrole nitrogens is 1. The molecule has 0 fully saturated rings. The number of benzene rings is 1. The van der Waals surface area contributed by atoms with Gasteiger partial charge in [0.25, 0.3) is 0 Å². The van der Waals surface area contributed by atoms with Gasteiger partial charge >= 0.3 is 5.69 Å². The number of phenolic OH excluding ortho intramolecular Hbond substituents is 1. The van der Waals surface area contributed by atoms with Crippen LogP contribution in [-0.4, -0.2) is 65.6 Å². The van der Waals surface area contributed by atoms with Gasteiger partial charge in [-0.1, -0.05) is 0 Å². The normalized spacial score (nSPS) is 11.3. The summed E-state index contributed by atoms with van der Waals surface area (Å²) in [5, 5.41) is 21.4. The van der Waals surface area contributed by atoms with Crippen LogP contribution in [0.25, 0.3) is 0 Å². The Morgan fingerprint density at radius 1 is 1.19 bits per heavy atom. The van der Waals surface area contributed by atoms with Crippen LogP contribution in [0.5, 0.6) is 5.75 Å². The number of aromatic nitrogens is 3. The number of hydrogen-bond acceptors (Lipinski definition) is 9. The van der Waals surface area contributed by atoms with Crippen molar-refractivity contribution in [3.05, 3.63) is 34.7 Å². The van der Waals surface area contributed by atoms with E-state index in [1.165, 1.54) is 24.0 Å². The zero-order valence-corrected chi connectivity index (χ0v) is 15.5. The number of nitrogens with zero attached hydrogens (tertiary/aromatic N) is 3. The van der Waals surface area contributed by atoms with Crippen molar-refractivity contribution in [2.45, 2.75) is 6.92 Å². The molecule has 0 aliphatic heterocycles. The van der Waals surface area contributed by atoms with Crippen LogP contribution in [0.15, 0.2) is 29.1 Å². The van der Waals surface area contributed by atoms with E-state index in [1.54, 1.807) is 12.1 Å². The zero-order valence-electron chi connectivity index (χ0n) is 14.7. The number of aliphatic hydroxyl groups excluding tert-OH is 1. The monoisotopic (exact) mass is 398 g/mol. The summed E-state index contributed by atoms with van der Waals surface area (Å²) in [6, 6.07) is 6.14. The van der Waals surface area contributed by atoms with Crippen LogP contribution in [0.1, 0.15) is 6.92 Å². The number of sulfonamides is 1. The molecule has 148 valence electrons. The maximum absolute atomic E-state index is 11.9. The van der Waals surface area contributed by atoms with Gasteiger partial charge in [-0.05, 0) is 31.2 Å². The summed E-state index contributed by atoms with van der Waals surface area (Å²) in [6.45, 7) is 1.66. The van der Waals surface area contributed by atoms with Gasteiger partial charge in [0.15, 0.2) is 0 Å². The summed E-state index contributed by atoms with van der Waals surface area (Å²) in [4.78, 5) is 23.8. The van der Waals surface area contributed by atoms with Crippen molar-refractivity contribution >= 4 is 27.6 Å². The van der Waals surface area contributed by atoms with Gasteiger partial charge in [-0.25, -0.2) is 17.9 Å². The number of aliphatic hydroxyl groups is 1. The summed E-state index contributed by atoms with van der Waals surface area (Å²) in [5.41, 5.74) is -0.0733. The van der Waals surface area contributed by atoms with Gasteiger partial charge < -0.3 is 20.4 Å². The topological polar surface area (TPSA) is 161 Å². The summed E-state index contributed by atoms with van der Waals surface area (Å²) < 4.78 is 25.4. The Morgan fingerprint density at radius 3 is 2.52 bits per heavy atom. The number of phenols is 1. The van der Waals surface area contributed by atoms with E-state index in [4.69, 9.17) is 0 Å². The molecule has 11 nitrogen and oxygen atoms in total. The van der Waals surface area contributed by atoms with Gasteiger partial charge in [-0.2, -0.15) is 9.97 Å². The maximum Gasteiger partial charge on any atom is 0.351 e. The summed E-state index contributed by atoms with van der Waals surface area (Å²) in [7, 11) is -3.35. The molecule has 0 unspecified atom stereocenters. The number of anilines is 3. The Hall–Kier alpha value is -2.70. The van der Waals surface area contributed by atoms with E-state index in [1.807, 2.05) is 0 Å². The van der Waals surface area contributed by atoms with Crippen LogP contribution in [0, 0.1) is 0 Å². The van der Waals surface area contributed by atoms with Crippen LogP contribution in [0.3, 0.4) is 0 Å². The largest absolute Gasteiger partial charge is 0.508 e. The lowest BCUT2D eigenvalue weighted by Gasteiger charge is -2.21. The van der Waals surface area contributed by atoms with Crippen molar-refractivity contribution in [2.75, 3.05) is 42.2 Å². The molecule has 1 heterocycles. The van der Waals surface area contributed by atoms with Crippen LogP contribution in [0.4, 0.5) is 17.6 Å². The molecule has 1 aromatic carbocycles. The average molecular weight is 398 g/mol. The van der Waals surface area contributed by atoms with E-state index in [0.717, 1.165) is 0 Å². The molecule has 0 radical (unpaired) electrons. The molecule has 0 spiro atoms. The van der Waals surface area contributed by atoms with Crippen molar-refractivity contribution in [1.29, 1.82) is 0 Å². The molecule has 27 heavy (non-hydrogen) atoms. The third-order valence-corrected chi connectivity index (χ3v) is 4.91. The van der Waals surface area contributed by atoms with Crippen molar-refractivity contribution in [3.8, 4) is 5.75 Å².